The third-order valence-electron chi connectivity index (χ3n) is 6.48. The average molecular weight is 552 g/mol. The minimum atomic E-state index is -0.728. The van der Waals surface area contributed by atoms with Crippen LogP contribution in [0.3, 0.4) is 0 Å². The molecule has 1 aromatic carbocycles. The molecule has 2 amide bonds. The Morgan fingerprint density at radius 1 is 1.29 bits per heavy atom. The molecular formula is C26H26ClN7O3S. The van der Waals surface area contributed by atoms with Gasteiger partial charge >= 0.3 is 0 Å². The number of fused-ring (bicyclic) bond motifs is 1. The molecule has 1 aliphatic heterocycles. The van der Waals surface area contributed by atoms with Crippen LogP contribution in [0.4, 0.5) is 11.8 Å². The lowest BCUT2D eigenvalue weighted by Crippen LogP contribution is -2.46. The molecule has 0 radical (unpaired) electrons. The van der Waals surface area contributed by atoms with Crippen molar-refractivity contribution in [1.29, 1.82) is 0 Å². The molecule has 4 aromatic rings. The van der Waals surface area contributed by atoms with E-state index in [0.717, 1.165) is 26.8 Å². The summed E-state index contributed by atoms with van der Waals surface area (Å²) in [5, 5.41) is 20.5. The van der Waals surface area contributed by atoms with Crippen molar-refractivity contribution in [2.24, 2.45) is 7.05 Å². The van der Waals surface area contributed by atoms with Crippen LogP contribution in [-0.2, 0) is 18.4 Å². The van der Waals surface area contributed by atoms with E-state index in [1.807, 2.05) is 26.1 Å². The number of halogens is 1. The van der Waals surface area contributed by atoms with Crippen molar-refractivity contribution in [2.75, 3.05) is 11.9 Å². The lowest BCUT2D eigenvalue weighted by atomic mass is 10.1. The number of thiophene rings is 1. The number of nitrogens with zero attached hydrogens (tertiary/aromatic N) is 5. The molecule has 0 saturated carbocycles. The monoisotopic (exact) mass is 551 g/mol. The fourth-order valence-corrected chi connectivity index (χ4v) is 5.70. The number of anilines is 2. The molecule has 1 aliphatic rings. The first-order valence-corrected chi connectivity index (χ1v) is 13.1. The van der Waals surface area contributed by atoms with Gasteiger partial charge < -0.3 is 20.6 Å². The van der Waals surface area contributed by atoms with Crippen molar-refractivity contribution in [2.45, 2.75) is 32.5 Å². The number of rotatable bonds is 8. The molecule has 3 N–H and O–H groups in total. The molecule has 0 aliphatic carbocycles. The number of aliphatic hydroxyl groups excluding tert-OH is 1. The predicted octanol–water partition coefficient (Wildman–Crippen LogP) is 3.84. The molecule has 0 unspecified atom stereocenters. The van der Waals surface area contributed by atoms with E-state index in [2.05, 4.69) is 25.7 Å². The van der Waals surface area contributed by atoms with E-state index in [-0.39, 0.29) is 18.4 Å². The smallest absolute Gasteiger partial charge is 0.256 e. The highest BCUT2D eigenvalue weighted by molar-refractivity contribution is 7.16. The summed E-state index contributed by atoms with van der Waals surface area (Å²) in [6.07, 6.45) is 3.42. The van der Waals surface area contributed by atoms with Crippen LogP contribution in [-0.4, -0.2) is 54.2 Å². The van der Waals surface area contributed by atoms with Crippen molar-refractivity contribution < 1.29 is 14.7 Å². The summed E-state index contributed by atoms with van der Waals surface area (Å²) in [5.41, 5.74) is 2.88. The lowest BCUT2D eigenvalue weighted by molar-refractivity contribution is -0.126. The van der Waals surface area contributed by atoms with Crippen molar-refractivity contribution in [3.05, 3.63) is 75.4 Å². The maximum absolute atomic E-state index is 13.3. The maximum atomic E-state index is 13.3. The zero-order valence-corrected chi connectivity index (χ0v) is 22.5. The Labute approximate surface area is 228 Å². The lowest BCUT2D eigenvalue weighted by Gasteiger charge is -2.26. The quantitative estimate of drug-likeness (QED) is 0.304. The molecule has 2 atom stereocenters. The van der Waals surface area contributed by atoms with Gasteiger partial charge in [-0.15, -0.1) is 11.3 Å². The van der Waals surface area contributed by atoms with Gasteiger partial charge in [0.25, 0.3) is 5.91 Å². The summed E-state index contributed by atoms with van der Waals surface area (Å²) in [6.45, 7) is 3.63. The van der Waals surface area contributed by atoms with Gasteiger partial charge in [-0.2, -0.15) is 5.10 Å². The standard InChI is InChI=1S/C26H26ClN7O3S/c1-14-11-28-26(31-22-7-8-29-33(22)3)32-23(14)20-10-18-21(38-20)12-34(25(18)37)15(2)24(36)30-19(13-35)16-5-4-6-17(27)9-16/h4-11,15,19,35H,12-13H2,1-3H3,(H,30,36)(H,28,31,32)/t15-,19-/m1/s1. The van der Waals surface area contributed by atoms with Gasteiger partial charge in [-0.05, 0) is 43.2 Å². The van der Waals surface area contributed by atoms with E-state index < -0.39 is 12.1 Å². The Balaban J connectivity index is 1.30. The molecule has 3 aromatic heterocycles. The number of amides is 2. The second kappa shape index (κ2) is 10.5. The number of carbonyl (C=O) groups is 2. The Morgan fingerprint density at radius 3 is 2.79 bits per heavy atom. The van der Waals surface area contributed by atoms with Crippen LogP contribution in [0, 0.1) is 6.92 Å². The summed E-state index contributed by atoms with van der Waals surface area (Å²) in [6, 6.07) is 9.26. The average Bonchev–Trinajstić information content (AvgIpc) is 3.59. The van der Waals surface area contributed by atoms with Crippen molar-refractivity contribution in [3.63, 3.8) is 0 Å². The minimum absolute atomic E-state index is 0.214. The van der Waals surface area contributed by atoms with Gasteiger partial charge in [0.2, 0.25) is 11.9 Å². The van der Waals surface area contributed by atoms with Gasteiger partial charge in [0.05, 0.1) is 41.5 Å². The van der Waals surface area contributed by atoms with E-state index in [4.69, 9.17) is 11.6 Å². The van der Waals surface area contributed by atoms with Gasteiger partial charge in [-0.1, -0.05) is 23.7 Å². The number of aliphatic hydroxyl groups is 1. The molecule has 5 rings (SSSR count). The third-order valence-corrected chi connectivity index (χ3v) is 7.84. The molecule has 0 fully saturated rings. The van der Waals surface area contributed by atoms with Gasteiger partial charge in [-0.3, -0.25) is 14.3 Å². The largest absolute Gasteiger partial charge is 0.394 e. The van der Waals surface area contributed by atoms with Crippen molar-refractivity contribution >= 4 is 46.5 Å². The second-order valence-corrected chi connectivity index (χ2v) is 10.6. The summed E-state index contributed by atoms with van der Waals surface area (Å²) < 4.78 is 1.69. The molecule has 196 valence electrons. The molecule has 4 heterocycles. The highest BCUT2D eigenvalue weighted by atomic mass is 35.5. The molecule has 12 heteroatoms. The van der Waals surface area contributed by atoms with Gasteiger partial charge in [0, 0.05) is 29.2 Å². The number of aromatic nitrogens is 4. The molecule has 38 heavy (non-hydrogen) atoms. The fourth-order valence-electron chi connectivity index (χ4n) is 4.29. The highest BCUT2D eigenvalue weighted by Gasteiger charge is 2.36. The van der Waals surface area contributed by atoms with E-state index >= 15 is 0 Å². The Bertz CT molecular complexity index is 1520. The van der Waals surface area contributed by atoms with E-state index in [0.29, 0.717) is 28.6 Å². The maximum Gasteiger partial charge on any atom is 0.256 e. The Hall–Kier alpha value is -3.80. The van der Waals surface area contributed by atoms with Crippen LogP contribution in [0.25, 0.3) is 10.6 Å². The number of hydrogen-bond acceptors (Lipinski definition) is 8. The van der Waals surface area contributed by atoms with Crippen LogP contribution in [0.5, 0.6) is 0 Å². The van der Waals surface area contributed by atoms with Gasteiger partial charge in [-0.25, -0.2) is 9.97 Å². The first kappa shape index (κ1) is 25.8. The summed E-state index contributed by atoms with van der Waals surface area (Å²) in [4.78, 5) is 38.6. The fraction of sp³-hybridized carbons (Fsp3) is 0.269. The van der Waals surface area contributed by atoms with Gasteiger partial charge in [0.1, 0.15) is 11.9 Å². The first-order chi connectivity index (χ1) is 18.2. The molecule has 0 spiro atoms. The van der Waals surface area contributed by atoms with Crippen LogP contribution in [0.15, 0.2) is 48.8 Å². The summed E-state index contributed by atoms with van der Waals surface area (Å²) >= 11 is 7.54. The molecule has 0 saturated heterocycles. The third kappa shape index (κ3) is 5.00. The molecule has 0 bridgehead atoms. The van der Waals surface area contributed by atoms with Gasteiger partial charge in [0.15, 0.2) is 0 Å². The van der Waals surface area contributed by atoms with Crippen LogP contribution < -0.4 is 10.6 Å². The van der Waals surface area contributed by atoms with Crippen molar-refractivity contribution in [3.8, 4) is 10.6 Å². The highest BCUT2D eigenvalue weighted by Crippen LogP contribution is 2.38. The predicted molar refractivity (Wildman–Crippen MR) is 145 cm³/mol. The number of nitrogens with one attached hydrogen (secondary N) is 2. The van der Waals surface area contributed by atoms with Crippen LogP contribution >= 0.6 is 22.9 Å². The van der Waals surface area contributed by atoms with Crippen LogP contribution in [0.1, 0.15) is 39.3 Å². The second-order valence-electron chi connectivity index (χ2n) is 9.05. The first-order valence-electron chi connectivity index (χ1n) is 11.9. The van der Waals surface area contributed by atoms with Crippen LogP contribution in [0.2, 0.25) is 5.02 Å². The number of carbonyl (C=O) groups excluding carboxylic acids is 2. The van der Waals surface area contributed by atoms with Crippen molar-refractivity contribution in [1.82, 2.24) is 30.0 Å². The number of hydrogen-bond donors (Lipinski definition) is 3. The Morgan fingerprint density at radius 2 is 2.11 bits per heavy atom. The Kier molecular flexibility index (Phi) is 7.15. The molecule has 10 nitrogen and oxygen atoms in total. The normalized spacial score (nSPS) is 14.3. The summed E-state index contributed by atoms with van der Waals surface area (Å²) in [5.74, 6) is 0.614. The summed E-state index contributed by atoms with van der Waals surface area (Å²) in [7, 11) is 1.82. The SMILES string of the molecule is Cc1cnc(Nc2ccnn2C)nc1-c1cc2c(s1)CN([C@H](C)C(=O)N[C@H](CO)c1cccc(Cl)c1)C2=O. The number of benzene rings is 1. The topological polar surface area (TPSA) is 125 Å². The zero-order valence-electron chi connectivity index (χ0n) is 21.0. The van der Waals surface area contributed by atoms with E-state index in [1.54, 1.807) is 48.3 Å². The minimum Gasteiger partial charge on any atom is -0.394 e. The van der Waals surface area contributed by atoms with E-state index in [9.17, 15) is 14.7 Å². The molecular weight excluding hydrogens is 526 g/mol. The van der Waals surface area contributed by atoms with E-state index in [1.165, 1.54) is 16.2 Å². The number of aryl methyl sites for hydroxylation is 2. The zero-order chi connectivity index (χ0) is 27.0.